The number of carbonyl (C=O) groups excluding carboxylic acids is 1. The fourth-order valence-electron chi connectivity index (χ4n) is 2.01. The zero-order valence-electron chi connectivity index (χ0n) is 8.48. The van der Waals surface area contributed by atoms with E-state index in [1.807, 2.05) is 5.38 Å². The van der Waals surface area contributed by atoms with Crippen LogP contribution in [0.4, 0.5) is 0 Å². The summed E-state index contributed by atoms with van der Waals surface area (Å²) < 4.78 is 0. The number of nitrogens with zero attached hydrogens (tertiary/aromatic N) is 1. The van der Waals surface area contributed by atoms with E-state index in [1.165, 1.54) is 24.2 Å². The van der Waals surface area contributed by atoms with Crippen LogP contribution in [0, 0.1) is 0 Å². The van der Waals surface area contributed by atoms with Crippen molar-refractivity contribution in [1.82, 2.24) is 10.3 Å². The fourth-order valence-corrected chi connectivity index (χ4v) is 2.59. The molecule has 4 nitrogen and oxygen atoms in total. The summed E-state index contributed by atoms with van der Waals surface area (Å²) in [6.45, 7) is 0. The first-order valence-electron chi connectivity index (χ1n) is 5.21. The van der Waals surface area contributed by atoms with Crippen LogP contribution in [0.2, 0.25) is 0 Å². The van der Waals surface area contributed by atoms with Gasteiger partial charge in [0.05, 0.1) is 11.2 Å². The van der Waals surface area contributed by atoms with Crippen LogP contribution in [-0.4, -0.2) is 16.9 Å². The van der Waals surface area contributed by atoms with Crippen molar-refractivity contribution in [1.29, 1.82) is 0 Å². The van der Waals surface area contributed by atoms with Crippen LogP contribution in [0.5, 0.6) is 0 Å². The maximum atomic E-state index is 11.3. The van der Waals surface area contributed by atoms with Crippen molar-refractivity contribution in [3.63, 3.8) is 0 Å². The lowest BCUT2D eigenvalue weighted by Gasteiger charge is -2.18. The normalized spacial score (nSPS) is 19.2. The molecule has 2 rings (SSSR count). The third-order valence-corrected chi connectivity index (χ3v) is 3.39. The van der Waals surface area contributed by atoms with Gasteiger partial charge < -0.3 is 5.73 Å². The molecule has 15 heavy (non-hydrogen) atoms. The zero-order valence-corrected chi connectivity index (χ0v) is 9.30. The average Bonchev–Trinajstić information content (AvgIpc) is 2.87. The first kappa shape index (κ1) is 10.6. The van der Waals surface area contributed by atoms with Crippen molar-refractivity contribution in [2.45, 2.75) is 37.8 Å². The van der Waals surface area contributed by atoms with Crippen molar-refractivity contribution in [3.05, 3.63) is 16.6 Å². The van der Waals surface area contributed by atoms with E-state index in [4.69, 9.17) is 5.73 Å². The number of rotatable bonds is 4. The number of hydrogen-bond acceptors (Lipinski definition) is 4. The zero-order chi connectivity index (χ0) is 10.7. The van der Waals surface area contributed by atoms with Gasteiger partial charge >= 0.3 is 0 Å². The molecule has 82 valence electrons. The van der Waals surface area contributed by atoms with Gasteiger partial charge in [-0.05, 0) is 12.8 Å². The molecule has 1 unspecified atom stereocenters. The second-order valence-corrected chi connectivity index (χ2v) is 4.62. The Balaban J connectivity index is 2.03. The molecular weight excluding hydrogens is 210 g/mol. The van der Waals surface area contributed by atoms with E-state index in [-0.39, 0.29) is 5.91 Å². The molecule has 0 spiro atoms. The second kappa shape index (κ2) is 4.72. The summed E-state index contributed by atoms with van der Waals surface area (Å²) in [6.07, 6.45) is 4.74. The molecule has 0 radical (unpaired) electrons. The monoisotopic (exact) mass is 225 g/mol. The lowest BCUT2D eigenvalue weighted by atomic mass is 10.1. The molecule has 5 heteroatoms. The number of nitrogens with two attached hydrogens (primary N) is 1. The number of carbonyl (C=O) groups is 1. The van der Waals surface area contributed by atoms with Crippen LogP contribution in [0.1, 0.15) is 37.4 Å². The Morgan fingerprint density at radius 3 is 2.87 bits per heavy atom. The summed E-state index contributed by atoms with van der Waals surface area (Å²) >= 11 is 1.48. The van der Waals surface area contributed by atoms with Crippen LogP contribution in [0.15, 0.2) is 10.9 Å². The summed E-state index contributed by atoms with van der Waals surface area (Å²) in [5, 5.41) is 5.16. The van der Waals surface area contributed by atoms with E-state index in [1.54, 1.807) is 5.51 Å². The van der Waals surface area contributed by atoms with Gasteiger partial charge in [0.2, 0.25) is 5.91 Å². The standard InChI is InChI=1S/C10H15N3OS/c11-10(14)9(8-5-15-6-12-8)13-7-3-1-2-4-7/h5-7,9,13H,1-4H2,(H2,11,14). The van der Waals surface area contributed by atoms with Crippen LogP contribution in [0.3, 0.4) is 0 Å². The molecular formula is C10H15N3OS. The van der Waals surface area contributed by atoms with E-state index in [0.717, 1.165) is 18.5 Å². The highest BCUT2D eigenvalue weighted by molar-refractivity contribution is 7.07. The third-order valence-electron chi connectivity index (χ3n) is 2.79. The molecule has 1 saturated carbocycles. The van der Waals surface area contributed by atoms with E-state index >= 15 is 0 Å². The van der Waals surface area contributed by atoms with Crippen molar-refractivity contribution < 1.29 is 4.79 Å². The van der Waals surface area contributed by atoms with Crippen LogP contribution < -0.4 is 11.1 Å². The highest BCUT2D eigenvalue weighted by Gasteiger charge is 2.24. The van der Waals surface area contributed by atoms with E-state index in [2.05, 4.69) is 10.3 Å². The van der Waals surface area contributed by atoms with Gasteiger partial charge in [-0.15, -0.1) is 11.3 Å². The van der Waals surface area contributed by atoms with Gasteiger partial charge in [0.25, 0.3) is 0 Å². The van der Waals surface area contributed by atoms with Gasteiger partial charge in [0, 0.05) is 11.4 Å². The molecule has 3 N–H and O–H groups in total. The van der Waals surface area contributed by atoms with Gasteiger partial charge in [-0.2, -0.15) is 0 Å². The van der Waals surface area contributed by atoms with E-state index in [0.29, 0.717) is 6.04 Å². The Kier molecular flexibility index (Phi) is 3.33. The number of thiazole rings is 1. The van der Waals surface area contributed by atoms with Crippen molar-refractivity contribution in [3.8, 4) is 0 Å². The Labute approximate surface area is 92.9 Å². The summed E-state index contributed by atoms with van der Waals surface area (Å²) in [5.41, 5.74) is 7.84. The summed E-state index contributed by atoms with van der Waals surface area (Å²) in [4.78, 5) is 15.4. The fraction of sp³-hybridized carbons (Fsp3) is 0.600. The van der Waals surface area contributed by atoms with Crippen LogP contribution >= 0.6 is 11.3 Å². The minimum absolute atomic E-state index is 0.340. The number of nitrogens with one attached hydrogen (secondary N) is 1. The highest BCUT2D eigenvalue weighted by atomic mass is 32.1. The summed E-state index contributed by atoms with van der Waals surface area (Å²) in [6, 6.07) is 0.00329. The second-order valence-electron chi connectivity index (χ2n) is 3.90. The predicted octanol–water partition coefficient (Wildman–Crippen LogP) is 1.20. The molecule has 1 aromatic heterocycles. The number of hydrogen-bond donors (Lipinski definition) is 2. The first-order valence-corrected chi connectivity index (χ1v) is 6.15. The molecule has 0 saturated heterocycles. The van der Waals surface area contributed by atoms with Gasteiger partial charge in [0.1, 0.15) is 6.04 Å². The Morgan fingerprint density at radius 1 is 1.60 bits per heavy atom. The first-order chi connectivity index (χ1) is 7.27. The maximum absolute atomic E-state index is 11.3. The molecule has 1 aromatic rings. The van der Waals surface area contributed by atoms with Gasteiger partial charge in [0.15, 0.2) is 0 Å². The van der Waals surface area contributed by atoms with Crippen LogP contribution in [-0.2, 0) is 4.79 Å². The smallest absolute Gasteiger partial charge is 0.240 e. The van der Waals surface area contributed by atoms with Crippen molar-refractivity contribution in [2.24, 2.45) is 5.73 Å². The van der Waals surface area contributed by atoms with E-state index in [9.17, 15) is 4.79 Å². The summed E-state index contributed by atoms with van der Waals surface area (Å²) in [5.74, 6) is -0.340. The molecule has 0 bridgehead atoms. The lowest BCUT2D eigenvalue weighted by Crippen LogP contribution is -2.39. The largest absolute Gasteiger partial charge is 0.368 e. The molecule has 1 aliphatic carbocycles. The molecule has 1 heterocycles. The van der Waals surface area contributed by atoms with E-state index < -0.39 is 6.04 Å². The Bertz CT molecular complexity index is 319. The molecule has 0 aliphatic heterocycles. The number of aromatic nitrogens is 1. The Hall–Kier alpha value is -0.940. The lowest BCUT2D eigenvalue weighted by molar-refractivity contribution is -0.120. The highest BCUT2D eigenvalue weighted by Crippen LogP contribution is 2.22. The van der Waals surface area contributed by atoms with Gasteiger partial charge in [-0.1, -0.05) is 12.8 Å². The molecule has 1 atom stereocenters. The van der Waals surface area contributed by atoms with Gasteiger partial charge in [-0.3, -0.25) is 10.1 Å². The minimum atomic E-state index is -0.417. The predicted molar refractivity (Wildman–Crippen MR) is 59.4 cm³/mol. The quantitative estimate of drug-likeness (QED) is 0.809. The number of amides is 1. The van der Waals surface area contributed by atoms with Crippen molar-refractivity contribution >= 4 is 17.2 Å². The molecule has 1 fully saturated rings. The van der Waals surface area contributed by atoms with Crippen LogP contribution in [0.25, 0.3) is 0 Å². The molecule has 0 aromatic carbocycles. The SMILES string of the molecule is NC(=O)C(NC1CCCC1)c1cscn1. The average molecular weight is 225 g/mol. The topological polar surface area (TPSA) is 68.0 Å². The number of primary amides is 1. The Morgan fingerprint density at radius 2 is 2.33 bits per heavy atom. The third kappa shape index (κ3) is 2.54. The van der Waals surface area contributed by atoms with Crippen molar-refractivity contribution in [2.75, 3.05) is 0 Å². The minimum Gasteiger partial charge on any atom is -0.368 e. The summed E-state index contributed by atoms with van der Waals surface area (Å²) in [7, 11) is 0. The van der Waals surface area contributed by atoms with Gasteiger partial charge in [-0.25, -0.2) is 4.98 Å². The maximum Gasteiger partial charge on any atom is 0.240 e. The molecule has 1 aliphatic rings. The molecule has 1 amide bonds.